The van der Waals surface area contributed by atoms with Gasteiger partial charge < -0.3 is 19.5 Å². The standard InChI is InChI=1S/C20H22N2O4/c1-25-16-10-6-7-14(11-16)12-22-13-17(23)20(24)21-19(22)18(26-2)15-8-4-3-5-9-15/h3-11,17-18,23H,12-13H2,1-2H3. The first-order valence-corrected chi connectivity index (χ1v) is 8.38. The van der Waals surface area contributed by atoms with Crippen LogP contribution in [0.4, 0.5) is 0 Å². The zero-order chi connectivity index (χ0) is 18.5. The number of carbonyl (C=O) groups excluding carboxylic acids is 1. The van der Waals surface area contributed by atoms with E-state index in [0.29, 0.717) is 12.4 Å². The number of aliphatic imine (C=N–C) groups is 1. The molecule has 0 radical (unpaired) electrons. The van der Waals surface area contributed by atoms with E-state index in [2.05, 4.69) is 4.99 Å². The zero-order valence-electron chi connectivity index (χ0n) is 14.8. The van der Waals surface area contributed by atoms with Crippen LogP contribution in [-0.4, -0.2) is 48.6 Å². The Bertz CT molecular complexity index is 791. The molecular formula is C20H22N2O4. The first-order valence-electron chi connectivity index (χ1n) is 8.38. The second-order valence-corrected chi connectivity index (χ2v) is 6.08. The Morgan fingerprint density at radius 3 is 2.65 bits per heavy atom. The Labute approximate surface area is 152 Å². The van der Waals surface area contributed by atoms with Crippen LogP contribution in [0.2, 0.25) is 0 Å². The van der Waals surface area contributed by atoms with Gasteiger partial charge in [-0.15, -0.1) is 0 Å². The van der Waals surface area contributed by atoms with Crippen LogP contribution in [0.1, 0.15) is 17.2 Å². The van der Waals surface area contributed by atoms with E-state index in [1.807, 2.05) is 59.5 Å². The van der Waals surface area contributed by atoms with Crippen molar-refractivity contribution in [3.63, 3.8) is 0 Å². The molecule has 0 saturated heterocycles. The Balaban J connectivity index is 1.93. The maximum Gasteiger partial charge on any atom is 0.278 e. The summed E-state index contributed by atoms with van der Waals surface area (Å²) >= 11 is 0. The number of aliphatic hydroxyl groups excluding tert-OH is 1. The quantitative estimate of drug-likeness (QED) is 0.861. The Hall–Kier alpha value is -2.70. The van der Waals surface area contributed by atoms with Gasteiger partial charge in [-0.25, -0.2) is 0 Å². The van der Waals surface area contributed by atoms with Crippen molar-refractivity contribution >= 4 is 11.7 Å². The first-order chi connectivity index (χ1) is 12.6. The summed E-state index contributed by atoms with van der Waals surface area (Å²) in [6, 6.07) is 17.3. The zero-order valence-corrected chi connectivity index (χ0v) is 14.8. The Kier molecular flexibility index (Phi) is 5.65. The minimum Gasteiger partial charge on any atom is -0.497 e. The van der Waals surface area contributed by atoms with E-state index in [1.54, 1.807) is 14.2 Å². The average Bonchev–Trinajstić information content (AvgIpc) is 2.67. The number of ether oxygens (including phenoxy) is 2. The van der Waals surface area contributed by atoms with Gasteiger partial charge in [-0.05, 0) is 23.3 Å². The first kappa shape index (κ1) is 18.1. The highest BCUT2D eigenvalue weighted by molar-refractivity contribution is 6.01. The molecule has 0 aliphatic carbocycles. The maximum atomic E-state index is 12.0. The van der Waals surface area contributed by atoms with Gasteiger partial charge in [0.05, 0.1) is 13.7 Å². The minimum atomic E-state index is -1.14. The fourth-order valence-electron chi connectivity index (χ4n) is 3.02. The summed E-state index contributed by atoms with van der Waals surface area (Å²) in [5.41, 5.74) is 1.88. The molecule has 1 aliphatic heterocycles. The largest absolute Gasteiger partial charge is 0.497 e. The lowest BCUT2D eigenvalue weighted by Gasteiger charge is -2.34. The van der Waals surface area contributed by atoms with Crippen LogP contribution in [0.25, 0.3) is 0 Å². The molecule has 2 unspecified atom stereocenters. The van der Waals surface area contributed by atoms with Crippen LogP contribution >= 0.6 is 0 Å². The second-order valence-electron chi connectivity index (χ2n) is 6.08. The molecule has 2 aromatic rings. The number of rotatable bonds is 6. The van der Waals surface area contributed by atoms with Gasteiger partial charge in [0.1, 0.15) is 17.7 Å². The number of nitrogens with zero attached hydrogens (tertiary/aromatic N) is 2. The summed E-state index contributed by atoms with van der Waals surface area (Å²) in [6.07, 6.45) is -1.63. The van der Waals surface area contributed by atoms with Gasteiger partial charge in [0.25, 0.3) is 5.91 Å². The molecule has 26 heavy (non-hydrogen) atoms. The van der Waals surface area contributed by atoms with Crippen LogP contribution in [0.5, 0.6) is 5.75 Å². The van der Waals surface area contributed by atoms with Crippen molar-refractivity contribution < 1.29 is 19.4 Å². The molecule has 3 rings (SSSR count). The number of aliphatic hydroxyl groups is 1. The van der Waals surface area contributed by atoms with Crippen molar-refractivity contribution in [3.05, 3.63) is 65.7 Å². The lowest BCUT2D eigenvalue weighted by Crippen LogP contribution is -2.47. The van der Waals surface area contributed by atoms with Gasteiger partial charge in [-0.2, -0.15) is 4.99 Å². The lowest BCUT2D eigenvalue weighted by molar-refractivity contribution is -0.127. The SMILES string of the molecule is COc1cccc(CN2CC(O)C(=O)N=C2C(OC)c2ccccc2)c1. The molecule has 0 saturated carbocycles. The number of β-amino-alcohol motifs (C(OH)–C–C–N with tert-alkyl or cyclic N) is 1. The smallest absolute Gasteiger partial charge is 0.278 e. The van der Waals surface area contributed by atoms with E-state index in [1.165, 1.54) is 0 Å². The van der Waals surface area contributed by atoms with Crippen LogP contribution < -0.4 is 4.74 Å². The molecule has 2 atom stereocenters. The fourth-order valence-corrected chi connectivity index (χ4v) is 3.02. The van der Waals surface area contributed by atoms with E-state index < -0.39 is 18.1 Å². The third-order valence-corrected chi connectivity index (χ3v) is 4.31. The van der Waals surface area contributed by atoms with Gasteiger partial charge in [0.15, 0.2) is 6.10 Å². The molecule has 0 spiro atoms. The van der Waals surface area contributed by atoms with Gasteiger partial charge in [-0.3, -0.25) is 4.79 Å². The highest BCUT2D eigenvalue weighted by Gasteiger charge is 2.33. The number of carbonyl (C=O) groups is 1. The van der Waals surface area contributed by atoms with Gasteiger partial charge >= 0.3 is 0 Å². The van der Waals surface area contributed by atoms with E-state index >= 15 is 0 Å². The number of hydrogen-bond acceptors (Lipinski definition) is 5. The van der Waals surface area contributed by atoms with E-state index in [4.69, 9.17) is 9.47 Å². The molecule has 6 nitrogen and oxygen atoms in total. The number of amidine groups is 1. The normalized spacial score (nSPS) is 18.4. The highest BCUT2D eigenvalue weighted by atomic mass is 16.5. The molecule has 6 heteroatoms. The molecule has 136 valence electrons. The van der Waals surface area contributed by atoms with Crippen LogP contribution in [0.15, 0.2) is 59.6 Å². The summed E-state index contributed by atoms with van der Waals surface area (Å²) in [4.78, 5) is 18.0. The third-order valence-electron chi connectivity index (χ3n) is 4.31. The maximum absolute atomic E-state index is 12.0. The lowest BCUT2D eigenvalue weighted by atomic mass is 10.0. The van der Waals surface area contributed by atoms with E-state index in [0.717, 1.165) is 16.9 Å². The Morgan fingerprint density at radius 1 is 1.19 bits per heavy atom. The number of amides is 1. The molecule has 1 amide bonds. The van der Waals surface area contributed by atoms with Crippen molar-refractivity contribution in [1.29, 1.82) is 0 Å². The molecule has 1 heterocycles. The highest BCUT2D eigenvalue weighted by Crippen LogP contribution is 2.25. The summed E-state index contributed by atoms with van der Waals surface area (Å²) in [5, 5.41) is 10.0. The van der Waals surface area contributed by atoms with E-state index in [9.17, 15) is 9.90 Å². The number of benzene rings is 2. The molecule has 1 N–H and O–H groups in total. The molecule has 0 aromatic heterocycles. The van der Waals surface area contributed by atoms with Crippen LogP contribution in [0.3, 0.4) is 0 Å². The summed E-state index contributed by atoms with van der Waals surface area (Å²) in [7, 11) is 3.20. The summed E-state index contributed by atoms with van der Waals surface area (Å²) in [6.45, 7) is 0.647. The van der Waals surface area contributed by atoms with Gasteiger partial charge in [-0.1, -0.05) is 42.5 Å². The molecule has 0 bridgehead atoms. The van der Waals surface area contributed by atoms with Crippen molar-refractivity contribution in [2.24, 2.45) is 4.99 Å². The van der Waals surface area contributed by atoms with E-state index in [-0.39, 0.29) is 6.54 Å². The second kappa shape index (κ2) is 8.12. The molecular weight excluding hydrogens is 332 g/mol. The van der Waals surface area contributed by atoms with Crippen LogP contribution in [0, 0.1) is 0 Å². The molecule has 1 aliphatic rings. The topological polar surface area (TPSA) is 71.4 Å². The van der Waals surface area contributed by atoms with Crippen molar-refractivity contribution in [2.45, 2.75) is 18.8 Å². The third kappa shape index (κ3) is 3.92. The molecule has 0 fully saturated rings. The fraction of sp³-hybridized carbons (Fsp3) is 0.300. The summed E-state index contributed by atoms with van der Waals surface area (Å²) in [5.74, 6) is 0.706. The minimum absolute atomic E-state index is 0.168. The Morgan fingerprint density at radius 2 is 1.96 bits per heavy atom. The van der Waals surface area contributed by atoms with Crippen molar-refractivity contribution in [2.75, 3.05) is 20.8 Å². The number of methoxy groups -OCH3 is 2. The average molecular weight is 354 g/mol. The summed E-state index contributed by atoms with van der Waals surface area (Å²) < 4.78 is 10.9. The van der Waals surface area contributed by atoms with Crippen molar-refractivity contribution in [1.82, 2.24) is 4.90 Å². The molecule has 2 aromatic carbocycles. The predicted molar refractivity (Wildman–Crippen MR) is 98.0 cm³/mol. The predicted octanol–water partition coefficient (Wildman–Crippen LogP) is 2.18. The van der Waals surface area contributed by atoms with Crippen LogP contribution in [-0.2, 0) is 16.1 Å². The van der Waals surface area contributed by atoms with Gasteiger partial charge in [0, 0.05) is 13.7 Å². The monoisotopic (exact) mass is 354 g/mol. The number of hydrogen-bond donors (Lipinski definition) is 1. The van der Waals surface area contributed by atoms with Gasteiger partial charge in [0.2, 0.25) is 0 Å². The van der Waals surface area contributed by atoms with Crippen molar-refractivity contribution in [3.8, 4) is 5.75 Å².